The maximum atomic E-state index is 12.6. The molecule has 2 heterocycles. The minimum atomic E-state index is -0.379. The van der Waals surface area contributed by atoms with E-state index in [1.54, 1.807) is 6.92 Å². The minimum Gasteiger partial charge on any atom is -0.374 e. The molecule has 0 radical (unpaired) electrons. The van der Waals surface area contributed by atoms with E-state index >= 15 is 0 Å². The summed E-state index contributed by atoms with van der Waals surface area (Å²) in [4.78, 5) is 13.7. The number of hydrogen-bond donors (Lipinski definition) is 2. The van der Waals surface area contributed by atoms with Gasteiger partial charge in [-0.25, -0.2) is 0 Å². The van der Waals surface area contributed by atoms with E-state index in [9.17, 15) is 10.1 Å². The summed E-state index contributed by atoms with van der Waals surface area (Å²) in [6, 6.07) is 10.5. The number of nitriles is 1. The van der Waals surface area contributed by atoms with Gasteiger partial charge in [-0.15, -0.1) is 21.5 Å². The number of nitrogens with one attached hydrogen (secondary N) is 1. The van der Waals surface area contributed by atoms with Crippen LogP contribution < -0.4 is 11.1 Å². The van der Waals surface area contributed by atoms with Crippen LogP contribution in [0.4, 0.5) is 10.1 Å². The van der Waals surface area contributed by atoms with Crippen molar-refractivity contribution >= 4 is 50.5 Å². The number of amides is 1. The van der Waals surface area contributed by atoms with Gasteiger partial charge in [0.15, 0.2) is 4.34 Å². The molecular weight excluding hydrogens is 398 g/mol. The molecule has 0 bridgehead atoms. The average molecular weight is 414 g/mol. The summed E-state index contributed by atoms with van der Waals surface area (Å²) in [7, 11) is 0. The van der Waals surface area contributed by atoms with Crippen molar-refractivity contribution < 1.29 is 4.79 Å². The normalized spacial score (nSPS) is 13.3. The van der Waals surface area contributed by atoms with Crippen molar-refractivity contribution in [1.29, 1.82) is 5.26 Å². The molecule has 1 aromatic carbocycles. The first-order chi connectivity index (χ1) is 13.1. The first-order valence-corrected chi connectivity index (χ1v) is 10.8. The molecule has 136 valence electrons. The van der Waals surface area contributed by atoms with Crippen molar-refractivity contribution in [3.63, 3.8) is 0 Å². The molecule has 1 unspecified atom stereocenters. The molecule has 0 saturated carbocycles. The number of carbonyl (C=O) groups is 1. The van der Waals surface area contributed by atoms with Crippen LogP contribution in [0, 0.1) is 11.3 Å². The van der Waals surface area contributed by atoms with E-state index in [4.69, 9.17) is 5.73 Å². The summed E-state index contributed by atoms with van der Waals surface area (Å²) >= 11 is 4.03. The second-order valence-corrected chi connectivity index (χ2v) is 9.66. The minimum absolute atomic E-state index is 0.169. The highest BCUT2D eigenvalue weighted by Crippen LogP contribution is 2.45. The van der Waals surface area contributed by atoms with Crippen molar-refractivity contribution in [2.75, 3.05) is 11.1 Å². The molecule has 4 rings (SSSR count). The third kappa shape index (κ3) is 3.43. The van der Waals surface area contributed by atoms with Gasteiger partial charge >= 0.3 is 0 Å². The number of nitrogen functional groups attached to an aromatic ring is 1. The Kier molecular flexibility index (Phi) is 4.86. The number of benzene rings is 1. The van der Waals surface area contributed by atoms with Crippen LogP contribution in [0.15, 0.2) is 28.6 Å². The number of thiophene rings is 1. The lowest BCUT2D eigenvalue weighted by Crippen LogP contribution is -2.22. The zero-order valence-electron chi connectivity index (χ0n) is 14.4. The predicted octanol–water partition coefficient (Wildman–Crippen LogP) is 3.94. The first-order valence-electron chi connectivity index (χ1n) is 8.27. The average Bonchev–Trinajstić information content (AvgIpc) is 3.24. The van der Waals surface area contributed by atoms with Crippen LogP contribution in [-0.4, -0.2) is 21.4 Å². The zero-order valence-corrected chi connectivity index (χ0v) is 16.8. The lowest BCUT2D eigenvalue weighted by Gasteiger charge is -2.15. The number of anilines is 2. The van der Waals surface area contributed by atoms with E-state index in [0.717, 1.165) is 28.8 Å². The number of nitrogens with zero attached hydrogens (tertiary/aromatic N) is 3. The van der Waals surface area contributed by atoms with Gasteiger partial charge in [-0.2, -0.15) is 5.26 Å². The number of aromatic nitrogens is 2. The molecular formula is C18H15N5OS3. The Labute approximate surface area is 168 Å². The van der Waals surface area contributed by atoms with Crippen LogP contribution in [0.25, 0.3) is 10.4 Å². The largest absolute Gasteiger partial charge is 0.374 e. The predicted molar refractivity (Wildman–Crippen MR) is 110 cm³/mol. The number of hydrogen-bond acceptors (Lipinski definition) is 8. The fourth-order valence-corrected chi connectivity index (χ4v) is 6.08. The van der Waals surface area contributed by atoms with E-state index in [-0.39, 0.29) is 11.2 Å². The Morgan fingerprint density at radius 1 is 1.33 bits per heavy atom. The molecule has 27 heavy (non-hydrogen) atoms. The highest BCUT2D eigenvalue weighted by molar-refractivity contribution is 8.02. The third-order valence-corrected chi connectivity index (χ3v) is 7.45. The zero-order chi connectivity index (χ0) is 19.0. The van der Waals surface area contributed by atoms with Crippen molar-refractivity contribution in [1.82, 2.24) is 10.2 Å². The Hall–Kier alpha value is -2.41. The Morgan fingerprint density at radius 2 is 2.15 bits per heavy atom. The number of fused-ring (bicyclic) bond motifs is 3. The van der Waals surface area contributed by atoms with Crippen molar-refractivity contribution in [3.8, 4) is 16.5 Å². The fraction of sp³-hybridized carbons (Fsp3) is 0.222. The van der Waals surface area contributed by atoms with Crippen molar-refractivity contribution in [2.45, 2.75) is 29.4 Å². The van der Waals surface area contributed by atoms with Gasteiger partial charge < -0.3 is 11.1 Å². The van der Waals surface area contributed by atoms with Crippen molar-refractivity contribution in [3.05, 3.63) is 41.0 Å². The smallest absolute Gasteiger partial charge is 0.238 e. The standard InChI is InChI=1S/C18H15N5OS3/c1-9(25-18-23-22-17(20)27-18)15(24)21-16-13(8-19)12-7-6-10-4-2-3-5-11(10)14(12)26-16/h2-5,9H,6-7H2,1H3,(H2,20,22)(H,21,24). The molecule has 0 fully saturated rings. The topological polar surface area (TPSA) is 105 Å². The fourth-order valence-electron chi connectivity index (χ4n) is 3.03. The lowest BCUT2D eigenvalue weighted by atomic mass is 9.90. The van der Waals surface area contributed by atoms with Gasteiger partial charge in [-0.1, -0.05) is 47.4 Å². The molecule has 6 nitrogen and oxygen atoms in total. The highest BCUT2D eigenvalue weighted by atomic mass is 32.2. The van der Waals surface area contributed by atoms with E-state index in [0.29, 0.717) is 20.0 Å². The van der Waals surface area contributed by atoms with Gasteiger partial charge in [0.2, 0.25) is 11.0 Å². The molecule has 9 heteroatoms. The van der Waals surface area contributed by atoms with Gasteiger partial charge in [-0.3, -0.25) is 4.79 Å². The maximum Gasteiger partial charge on any atom is 0.238 e. The molecule has 1 amide bonds. The summed E-state index contributed by atoms with van der Waals surface area (Å²) in [5, 5.41) is 20.9. The second-order valence-electron chi connectivity index (χ2n) is 6.04. The van der Waals surface area contributed by atoms with Gasteiger partial charge in [-0.05, 0) is 36.5 Å². The van der Waals surface area contributed by atoms with Crippen LogP contribution in [0.5, 0.6) is 0 Å². The van der Waals surface area contributed by atoms with E-state index < -0.39 is 0 Å². The molecule has 1 atom stereocenters. The first kappa shape index (κ1) is 18.0. The van der Waals surface area contributed by atoms with Gasteiger partial charge in [0.1, 0.15) is 11.1 Å². The van der Waals surface area contributed by atoms with Crippen molar-refractivity contribution in [2.24, 2.45) is 0 Å². The molecule has 0 aliphatic heterocycles. The Bertz CT molecular complexity index is 1070. The van der Waals surface area contributed by atoms with Crippen LogP contribution in [-0.2, 0) is 17.6 Å². The van der Waals surface area contributed by atoms with Crippen LogP contribution >= 0.6 is 34.4 Å². The van der Waals surface area contributed by atoms with E-state index in [1.807, 2.05) is 12.1 Å². The Morgan fingerprint density at radius 3 is 2.89 bits per heavy atom. The molecule has 1 aliphatic rings. The molecule has 0 spiro atoms. The van der Waals surface area contributed by atoms with Crippen LogP contribution in [0.2, 0.25) is 0 Å². The van der Waals surface area contributed by atoms with Crippen LogP contribution in [0.3, 0.4) is 0 Å². The summed E-state index contributed by atoms with van der Waals surface area (Å²) in [6.45, 7) is 1.80. The number of nitrogens with two attached hydrogens (primary N) is 1. The van der Waals surface area contributed by atoms with Gasteiger partial charge in [0, 0.05) is 4.88 Å². The van der Waals surface area contributed by atoms with Gasteiger partial charge in [0.25, 0.3) is 0 Å². The number of rotatable bonds is 4. The maximum absolute atomic E-state index is 12.6. The summed E-state index contributed by atoms with van der Waals surface area (Å²) in [6.07, 6.45) is 1.72. The number of aryl methyl sites for hydroxylation is 1. The quantitative estimate of drug-likeness (QED) is 0.628. The Balaban J connectivity index is 1.59. The van der Waals surface area contributed by atoms with E-state index in [2.05, 4.69) is 33.7 Å². The second kappa shape index (κ2) is 7.31. The van der Waals surface area contributed by atoms with E-state index in [1.165, 1.54) is 40.0 Å². The summed E-state index contributed by atoms with van der Waals surface area (Å²) in [5.74, 6) is -0.169. The SMILES string of the molecule is CC(Sc1nnc(N)s1)C(=O)Nc1sc2c(c1C#N)CCc1ccccc1-2. The molecule has 1 aliphatic carbocycles. The summed E-state index contributed by atoms with van der Waals surface area (Å²) < 4.78 is 0.648. The molecule has 3 aromatic rings. The van der Waals surface area contributed by atoms with Crippen LogP contribution in [0.1, 0.15) is 23.6 Å². The number of thioether (sulfide) groups is 1. The molecule has 3 N–H and O–H groups in total. The summed E-state index contributed by atoms with van der Waals surface area (Å²) in [5.41, 5.74) is 9.64. The number of carbonyl (C=O) groups excluding carboxylic acids is 1. The highest BCUT2D eigenvalue weighted by Gasteiger charge is 2.26. The monoisotopic (exact) mass is 413 g/mol. The van der Waals surface area contributed by atoms with Gasteiger partial charge in [0.05, 0.1) is 10.8 Å². The third-order valence-electron chi connectivity index (χ3n) is 4.33. The lowest BCUT2D eigenvalue weighted by molar-refractivity contribution is -0.115. The molecule has 2 aromatic heterocycles. The molecule has 0 saturated heterocycles.